The van der Waals surface area contributed by atoms with Crippen LogP contribution in [0, 0.1) is 11.3 Å². The highest BCUT2D eigenvalue weighted by atomic mass is 16.3. The van der Waals surface area contributed by atoms with Crippen LogP contribution in [0.4, 0.5) is 5.69 Å². The lowest BCUT2D eigenvalue weighted by Gasteiger charge is -2.15. The monoisotopic (exact) mass is 297 g/mol. The van der Waals surface area contributed by atoms with Crippen molar-refractivity contribution >= 4 is 17.5 Å². The van der Waals surface area contributed by atoms with Gasteiger partial charge in [0.1, 0.15) is 0 Å². The lowest BCUT2D eigenvalue weighted by atomic mass is 10.2. The maximum absolute atomic E-state index is 12.1. The summed E-state index contributed by atoms with van der Waals surface area (Å²) >= 11 is 0. The molecular weight excluding hydrogens is 282 g/mol. The van der Waals surface area contributed by atoms with Crippen molar-refractivity contribution in [2.45, 2.75) is 6.42 Å². The minimum Gasteiger partial charge on any atom is -0.459 e. The smallest absolute Gasteiger partial charge is 0.291 e. The van der Waals surface area contributed by atoms with Crippen LogP contribution in [0.25, 0.3) is 0 Å². The van der Waals surface area contributed by atoms with Crippen molar-refractivity contribution in [1.82, 2.24) is 4.90 Å². The van der Waals surface area contributed by atoms with Gasteiger partial charge in [-0.05, 0) is 36.4 Å². The van der Waals surface area contributed by atoms with Crippen LogP contribution < -0.4 is 5.32 Å². The van der Waals surface area contributed by atoms with Gasteiger partial charge in [0.2, 0.25) is 0 Å². The Kier molecular flexibility index (Phi) is 4.94. The van der Waals surface area contributed by atoms with Gasteiger partial charge in [0.25, 0.3) is 11.8 Å². The number of hydrogen-bond donors (Lipinski definition) is 1. The summed E-state index contributed by atoms with van der Waals surface area (Å²) < 4.78 is 5.00. The number of benzene rings is 1. The Morgan fingerprint density at radius 2 is 2.00 bits per heavy atom. The summed E-state index contributed by atoms with van der Waals surface area (Å²) in [5.41, 5.74) is 1.06. The highest BCUT2D eigenvalue weighted by Gasteiger charge is 2.12. The molecular formula is C16H15N3O3. The molecule has 0 saturated heterocycles. The fourth-order valence-electron chi connectivity index (χ4n) is 1.84. The molecule has 0 aliphatic carbocycles. The Morgan fingerprint density at radius 1 is 1.27 bits per heavy atom. The normalized spacial score (nSPS) is 9.82. The van der Waals surface area contributed by atoms with Gasteiger partial charge >= 0.3 is 0 Å². The summed E-state index contributed by atoms with van der Waals surface area (Å²) in [4.78, 5) is 25.4. The third kappa shape index (κ3) is 3.73. The molecule has 0 saturated carbocycles. The number of nitriles is 1. The average molecular weight is 297 g/mol. The Hall–Kier alpha value is -3.07. The van der Waals surface area contributed by atoms with E-state index in [9.17, 15) is 9.59 Å². The second-order valence-corrected chi connectivity index (χ2v) is 4.64. The fraction of sp³-hybridized carbons (Fsp3) is 0.188. The van der Waals surface area contributed by atoms with Gasteiger partial charge in [-0.3, -0.25) is 9.59 Å². The van der Waals surface area contributed by atoms with Gasteiger partial charge in [0.15, 0.2) is 5.76 Å². The summed E-state index contributed by atoms with van der Waals surface area (Å²) in [6.45, 7) is 0.381. The first-order valence-corrected chi connectivity index (χ1v) is 6.69. The highest BCUT2D eigenvalue weighted by Crippen LogP contribution is 2.13. The van der Waals surface area contributed by atoms with Crippen molar-refractivity contribution in [1.29, 1.82) is 5.26 Å². The second kappa shape index (κ2) is 7.09. The van der Waals surface area contributed by atoms with Crippen molar-refractivity contribution < 1.29 is 14.0 Å². The zero-order valence-electron chi connectivity index (χ0n) is 12.1. The Labute approximate surface area is 127 Å². The van der Waals surface area contributed by atoms with Crippen LogP contribution in [0.15, 0.2) is 47.1 Å². The molecule has 22 heavy (non-hydrogen) atoms. The fourth-order valence-corrected chi connectivity index (χ4v) is 1.84. The minimum atomic E-state index is -0.352. The number of amides is 2. The molecule has 6 heteroatoms. The number of carbonyl (C=O) groups is 2. The second-order valence-electron chi connectivity index (χ2n) is 4.64. The molecule has 0 aliphatic rings. The topological polar surface area (TPSA) is 86.3 Å². The largest absolute Gasteiger partial charge is 0.459 e. The highest BCUT2D eigenvalue weighted by molar-refractivity contribution is 6.02. The quantitative estimate of drug-likeness (QED) is 0.918. The minimum absolute atomic E-state index is 0.167. The van der Waals surface area contributed by atoms with Crippen LogP contribution in [-0.2, 0) is 0 Å². The zero-order chi connectivity index (χ0) is 15.9. The maximum atomic E-state index is 12.1. The van der Waals surface area contributed by atoms with Gasteiger partial charge in [-0.15, -0.1) is 0 Å². The van der Waals surface area contributed by atoms with Crippen LogP contribution in [-0.4, -0.2) is 30.3 Å². The zero-order valence-corrected chi connectivity index (χ0v) is 12.1. The number of carbonyl (C=O) groups excluding carboxylic acids is 2. The van der Waals surface area contributed by atoms with Crippen LogP contribution in [0.5, 0.6) is 0 Å². The van der Waals surface area contributed by atoms with E-state index in [2.05, 4.69) is 5.32 Å². The number of nitrogens with zero attached hydrogens (tertiary/aromatic N) is 2. The Balaban J connectivity index is 2.00. The van der Waals surface area contributed by atoms with E-state index in [-0.39, 0.29) is 17.6 Å². The number of anilines is 1. The van der Waals surface area contributed by atoms with Gasteiger partial charge < -0.3 is 14.6 Å². The third-order valence-electron chi connectivity index (χ3n) is 3.04. The SMILES string of the molecule is CN(CCC#N)C(=O)c1ccc(NC(=O)c2ccco2)cc1. The van der Waals surface area contributed by atoms with E-state index < -0.39 is 0 Å². The number of hydrogen-bond acceptors (Lipinski definition) is 4. The molecule has 2 rings (SSSR count). The average Bonchev–Trinajstić information content (AvgIpc) is 3.07. The first-order chi connectivity index (χ1) is 10.6. The van der Waals surface area contributed by atoms with E-state index in [0.29, 0.717) is 24.2 Å². The first kappa shape index (κ1) is 15.3. The molecule has 0 spiro atoms. The Morgan fingerprint density at radius 3 is 2.59 bits per heavy atom. The molecule has 1 N–H and O–H groups in total. The van der Waals surface area contributed by atoms with Gasteiger partial charge in [0.05, 0.1) is 18.8 Å². The molecule has 2 amide bonds. The summed E-state index contributed by atoms with van der Waals surface area (Å²) in [7, 11) is 1.65. The molecule has 1 aromatic heterocycles. The van der Waals surface area contributed by atoms with Crippen LogP contribution in [0.3, 0.4) is 0 Å². The number of rotatable bonds is 5. The molecule has 0 atom stereocenters. The van der Waals surface area contributed by atoms with Crippen molar-refractivity contribution in [2.24, 2.45) is 0 Å². The standard InChI is InChI=1S/C16H15N3O3/c1-19(10-3-9-17)16(21)12-5-7-13(8-6-12)18-15(20)14-4-2-11-22-14/h2,4-8,11H,3,10H2,1H3,(H,18,20). The molecule has 1 heterocycles. The van der Waals surface area contributed by atoms with E-state index in [1.165, 1.54) is 11.2 Å². The van der Waals surface area contributed by atoms with Crippen molar-refractivity contribution in [3.63, 3.8) is 0 Å². The molecule has 0 radical (unpaired) electrons. The van der Waals surface area contributed by atoms with Gasteiger partial charge in [0, 0.05) is 24.8 Å². The van der Waals surface area contributed by atoms with Gasteiger partial charge in [-0.2, -0.15) is 5.26 Å². The summed E-state index contributed by atoms with van der Waals surface area (Å²) in [6.07, 6.45) is 1.72. The predicted molar refractivity (Wildman–Crippen MR) is 80.3 cm³/mol. The predicted octanol–water partition coefficient (Wildman–Crippen LogP) is 2.52. The van der Waals surface area contributed by atoms with Crippen LogP contribution in [0.2, 0.25) is 0 Å². The van der Waals surface area contributed by atoms with Crippen molar-refractivity contribution in [3.8, 4) is 6.07 Å². The first-order valence-electron chi connectivity index (χ1n) is 6.69. The summed E-state index contributed by atoms with van der Waals surface area (Å²) in [5, 5.41) is 11.2. The molecule has 0 unspecified atom stereocenters. The van der Waals surface area contributed by atoms with E-state index in [4.69, 9.17) is 9.68 Å². The van der Waals surface area contributed by atoms with Crippen molar-refractivity contribution in [2.75, 3.05) is 18.9 Å². The maximum Gasteiger partial charge on any atom is 0.291 e. The van der Waals surface area contributed by atoms with E-state index in [1.54, 1.807) is 43.4 Å². The van der Waals surface area contributed by atoms with E-state index in [1.807, 2.05) is 6.07 Å². The van der Waals surface area contributed by atoms with Gasteiger partial charge in [-0.1, -0.05) is 0 Å². The van der Waals surface area contributed by atoms with E-state index >= 15 is 0 Å². The number of furan rings is 1. The van der Waals surface area contributed by atoms with E-state index in [0.717, 1.165) is 0 Å². The summed E-state index contributed by atoms with van der Waals surface area (Å²) in [6, 6.07) is 11.7. The molecule has 0 aliphatic heterocycles. The lowest BCUT2D eigenvalue weighted by Crippen LogP contribution is -2.27. The lowest BCUT2D eigenvalue weighted by molar-refractivity contribution is 0.0798. The number of nitrogens with one attached hydrogen (secondary N) is 1. The molecule has 0 fully saturated rings. The molecule has 6 nitrogen and oxygen atoms in total. The van der Waals surface area contributed by atoms with Crippen LogP contribution in [0.1, 0.15) is 27.3 Å². The molecule has 0 bridgehead atoms. The Bertz CT molecular complexity index is 684. The van der Waals surface area contributed by atoms with Gasteiger partial charge in [-0.25, -0.2) is 0 Å². The molecule has 112 valence electrons. The molecule has 2 aromatic rings. The molecule has 1 aromatic carbocycles. The van der Waals surface area contributed by atoms with Crippen LogP contribution >= 0.6 is 0 Å². The van der Waals surface area contributed by atoms with Crippen molar-refractivity contribution in [3.05, 3.63) is 54.0 Å². The third-order valence-corrected chi connectivity index (χ3v) is 3.04. The summed E-state index contributed by atoms with van der Waals surface area (Å²) in [5.74, 6) is -0.300.